The minimum Gasteiger partial charge on any atom is -0.355 e. The standard InChI is InChI=1S/C15H29N3O2/c1-15(2,3)14(20)18-9-6-12(7-10-18)13(19)16-8-11-17(4)5/h12H,6-11H2,1-5H3,(H,16,19). The van der Waals surface area contributed by atoms with E-state index in [2.05, 4.69) is 5.32 Å². The van der Waals surface area contributed by atoms with E-state index in [4.69, 9.17) is 0 Å². The van der Waals surface area contributed by atoms with Gasteiger partial charge in [-0.1, -0.05) is 20.8 Å². The third-order valence-corrected chi connectivity index (χ3v) is 3.65. The van der Waals surface area contributed by atoms with Crippen LogP contribution in [0.5, 0.6) is 0 Å². The number of rotatable bonds is 4. The van der Waals surface area contributed by atoms with Crippen molar-refractivity contribution in [3.8, 4) is 0 Å². The van der Waals surface area contributed by atoms with Crippen LogP contribution < -0.4 is 5.32 Å². The van der Waals surface area contributed by atoms with Crippen LogP contribution in [-0.4, -0.2) is 61.9 Å². The fraction of sp³-hybridized carbons (Fsp3) is 0.867. The van der Waals surface area contributed by atoms with Crippen LogP contribution >= 0.6 is 0 Å². The molecule has 0 spiro atoms. The monoisotopic (exact) mass is 283 g/mol. The van der Waals surface area contributed by atoms with E-state index in [0.29, 0.717) is 19.6 Å². The van der Waals surface area contributed by atoms with Crippen LogP contribution in [0.25, 0.3) is 0 Å². The van der Waals surface area contributed by atoms with Gasteiger partial charge in [0, 0.05) is 37.5 Å². The van der Waals surface area contributed by atoms with Gasteiger partial charge in [-0.05, 0) is 26.9 Å². The molecule has 0 aromatic heterocycles. The van der Waals surface area contributed by atoms with E-state index in [1.54, 1.807) is 0 Å². The maximum atomic E-state index is 12.2. The zero-order valence-corrected chi connectivity index (χ0v) is 13.5. The predicted molar refractivity (Wildman–Crippen MR) is 80.3 cm³/mol. The molecule has 0 aliphatic carbocycles. The van der Waals surface area contributed by atoms with E-state index >= 15 is 0 Å². The zero-order valence-electron chi connectivity index (χ0n) is 13.5. The molecule has 1 aliphatic heterocycles. The number of carbonyl (C=O) groups is 2. The topological polar surface area (TPSA) is 52.7 Å². The number of carbonyl (C=O) groups excluding carboxylic acids is 2. The molecule has 1 aliphatic rings. The summed E-state index contributed by atoms with van der Waals surface area (Å²) in [4.78, 5) is 28.1. The van der Waals surface area contributed by atoms with Crippen molar-refractivity contribution < 1.29 is 9.59 Å². The smallest absolute Gasteiger partial charge is 0.227 e. The molecule has 1 N–H and O–H groups in total. The van der Waals surface area contributed by atoms with E-state index in [-0.39, 0.29) is 23.1 Å². The second-order valence-corrected chi connectivity index (χ2v) is 6.91. The van der Waals surface area contributed by atoms with Crippen LogP contribution in [0, 0.1) is 11.3 Å². The van der Waals surface area contributed by atoms with Crippen molar-refractivity contribution in [3.63, 3.8) is 0 Å². The normalized spacial score (nSPS) is 17.4. The number of nitrogens with zero attached hydrogens (tertiary/aromatic N) is 2. The van der Waals surface area contributed by atoms with Gasteiger partial charge in [-0.3, -0.25) is 9.59 Å². The first-order valence-electron chi connectivity index (χ1n) is 7.43. The molecule has 0 saturated carbocycles. The lowest BCUT2D eigenvalue weighted by Gasteiger charge is -2.35. The van der Waals surface area contributed by atoms with Crippen molar-refractivity contribution in [2.75, 3.05) is 40.3 Å². The largest absolute Gasteiger partial charge is 0.355 e. The molecule has 20 heavy (non-hydrogen) atoms. The average molecular weight is 283 g/mol. The van der Waals surface area contributed by atoms with E-state index in [1.165, 1.54) is 0 Å². The highest BCUT2D eigenvalue weighted by Crippen LogP contribution is 2.23. The Morgan fingerprint density at radius 1 is 1.20 bits per heavy atom. The van der Waals surface area contributed by atoms with Gasteiger partial charge in [0.05, 0.1) is 0 Å². The summed E-state index contributed by atoms with van der Waals surface area (Å²) in [5, 5.41) is 2.97. The lowest BCUT2D eigenvalue weighted by molar-refractivity contribution is -0.142. The SMILES string of the molecule is CN(C)CCNC(=O)C1CCN(C(=O)C(C)(C)C)CC1. The van der Waals surface area contributed by atoms with Crippen LogP contribution in [0.3, 0.4) is 0 Å². The first-order chi connectivity index (χ1) is 9.21. The number of hydrogen-bond donors (Lipinski definition) is 1. The third kappa shape index (κ3) is 5.12. The van der Waals surface area contributed by atoms with Crippen molar-refractivity contribution in [3.05, 3.63) is 0 Å². The molecular weight excluding hydrogens is 254 g/mol. The number of hydrogen-bond acceptors (Lipinski definition) is 3. The molecule has 1 heterocycles. The molecule has 1 fully saturated rings. The maximum Gasteiger partial charge on any atom is 0.227 e. The van der Waals surface area contributed by atoms with Crippen molar-refractivity contribution in [2.45, 2.75) is 33.6 Å². The van der Waals surface area contributed by atoms with Crippen LogP contribution in [0.4, 0.5) is 0 Å². The van der Waals surface area contributed by atoms with Gasteiger partial charge in [0.1, 0.15) is 0 Å². The Hall–Kier alpha value is -1.10. The van der Waals surface area contributed by atoms with Crippen LogP contribution in [0.15, 0.2) is 0 Å². The summed E-state index contributed by atoms with van der Waals surface area (Å²) in [7, 11) is 3.98. The van der Waals surface area contributed by atoms with Gasteiger partial charge >= 0.3 is 0 Å². The molecule has 1 saturated heterocycles. The number of nitrogens with one attached hydrogen (secondary N) is 1. The van der Waals surface area contributed by atoms with Gasteiger partial charge in [-0.2, -0.15) is 0 Å². The first-order valence-corrected chi connectivity index (χ1v) is 7.43. The maximum absolute atomic E-state index is 12.2. The Balaban J connectivity index is 2.35. The van der Waals surface area contributed by atoms with Gasteiger partial charge in [0.2, 0.25) is 11.8 Å². The minimum absolute atomic E-state index is 0.0566. The number of likely N-dealkylation sites (tertiary alicyclic amines) is 1. The van der Waals surface area contributed by atoms with E-state index in [0.717, 1.165) is 19.4 Å². The van der Waals surface area contributed by atoms with Crippen LogP contribution in [0.2, 0.25) is 0 Å². The molecule has 0 radical (unpaired) electrons. The second-order valence-electron chi connectivity index (χ2n) is 6.91. The molecule has 2 amide bonds. The number of likely N-dealkylation sites (N-methyl/N-ethyl adjacent to an activating group) is 1. The number of piperidine rings is 1. The summed E-state index contributed by atoms with van der Waals surface area (Å²) in [6.07, 6.45) is 1.55. The van der Waals surface area contributed by atoms with E-state index < -0.39 is 0 Å². The lowest BCUT2D eigenvalue weighted by atomic mass is 9.91. The van der Waals surface area contributed by atoms with E-state index in [9.17, 15) is 9.59 Å². The first kappa shape index (κ1) is 17.0. The number of amides is 2. The Kier molecular flexibility index (Phi) is 5.99. The molecule has 0 aromatic carbocycles. The molecule has 116 valence electrons. The van der Waals surface area contributed by atoms with Gasteiger partial charge in [0.15, 0.2) is 0 Å². The van der Waals surface area contributed by atoms with Crippen molar-refractivity contribution in [1.29, 1.82) is 0 Å². The minimum atomic E-state index is -0.333. The van der Waals surface area contributed by atoms with Gasteiger partial charge in [-0.25, -0.2) is 0 Å². The van der Waals surface area contributed by atoms with Gasteiger partial charge < -0.3 is 15.1 Å². The van der Waals surface area contributed by atoms with Crippen LogP contribution in [-0.2, 0) is 9.59 Å². The Morgan fingerprint density at radius 3 is 2.20 bits per heavy atom. The average Bonchev–Trinajstić information content (AvgIpc) is 2.36. The second kappa shape index (κ2) is 7.07. The summed E-state index contributed by atoms with van der Waals surface area (Å²) in [6.45, 7) is 8.75. The summed E-state index contributed by atoms with van der Waals surface area (Å²) in [5.41, 5.74) is -0.333. The van der Waals surface area contributed by atoms with Gasteiger partial charge in [0.25, 0.3) is 0 Å². The quantitative estimate of drug-likeness (QED) is 0.836. The van der Waals surface area contributed by atoms with Crippen LogP contribution in [0.1, 0.15) is 33.6 Å². The Bertz CT molecular complexity index is 340. The molecule has 1 rings (SSSR count). The third-order valence-electron chi connectivity index (χ3n) is 3.65. The highest BCUT2D eigenvalue weighted by atomic mass is 16.2. The Morgan fingerprint density at radius 2 is 1.75 bits per heavy atom. The zero-order chi connectivity index (χ0) is 15.3. The molecule has 0 aromatic rings. The lowest BCUT2D eigenvalue weighted by Crippen LogP contribution is -2.47. The molecule has 0 bridgehead atoms. The van der Waals surface area contributed by atoms with Gasteiger partial charge in [-0.15, -0.1) is 0 Å². The van der Waals surface area contributed by atoms with Crippen molar-refractivity contribution in [1.82, 2.24) is 15.1 Å². The predicted octanol–water partition coefficient (Wildman–Crippen LogP) is 0.949. The Labute approximate surface area is 122 Å². The molecular formula is C15H29N3O2. The summed E-state index contributed by atoms with van der Waals surface area (Å²) in [6, 6.07) is 0. The van der Waals surface area contributed by atoms with E-state index in [1.807, 2.05) is 44.7 Å². The van der Waals surface area contributed by atoms with Crippen molar-refractivity contribution >= 4 is 11.8 Å². The summed E-state index contributed by atoms with van der Waals surface area (Å²) < 4.78 is 0. The highest BCUT2D eigenvalue weighted by Gasteiger charge is 2.32. The molecule has 0 atom stereocenters. The highest BCUT2D eigenvalue weighted by molar-refractivity contribution is 5.82. The summed E-state index contributed by atoms with van der Waals surface area (Å²) >= 11 is 0. The molecule has 0 unspecified atom stereocenters. The fourth-order valence-corrected chi connectivity index (χ4v) is 2.37. The fourth-order valence-electron chi connectivity index (χ4n) is 2.37. The van der Waals surface area contributed by atoms with Crippen molar-refractivity contribution in [2.24, 2.45) is 11.3 Å². The molecule has 5 heteroatoms. The summed E-state index contributed by atoms with van der Waals surface area (Å²) in [5.74, 6) is 0.375. The molecule has 5 nitrogen and oxygen atoms in total.